The monoisotopic (exact) mass is 710 g/mol. The van der Waals surface area contributed by atoms with Gasteiger partial charge in [0, 0.05) is 32.3 Å². The Balaban J connectivity index is 1.39. The fourth-order valence-electron chi connectivity index (χ4n) is 8.98. The zero-order chi connectivity index (χ0) is 37.4. The van der Waals surface area contributed by atoms with E-state index in [1.165, 1.54) is 21.9 Å². The van der Waals surface area contributed by atoms with Gasteiger partial charge in [-0.25, -0.2) is 0 Å². The van der Waals surface area contributed by atoms with Gasteiger partial charge in [0.2, 0.25) is 0 Å². The Kier molecular flexibility index (Phi) is 7.68. The van der Waals surface area contributed by atoms with E-state index < -0.39 is 0 Å². The highest BCUT2D eigenvalue weighted by atomic mass is 15.0. The van der Waals surface area contributed by atoms with Crippen molar-refractivity contribution < 1.29 is 0 Å². The van der Waals surface area contributed by atoms with Gasteiger partial charge in [0.25, 0.3) is 0 Å². The van der Waals surface area contributed by atoms with E-state index in [0.717, 1.165) is 84.5 Å². The first kappa shape index (κ1) is 33.0. The molecule has 0 aliphatic heterocycles. The molecular weight excluding hydrogens is 669 g/mol. The molecule has 0 aliphatic carbocycles. The number of rotatable bonds is 7. The number of hydrogen-bond donors (Lipinski definition) is 0. The van der Waals surface area contributed by atoms with E-state index in [-0.39, 0.29) is 0 Å². The maximum atomic E-state index is 11.4. The third-order valence-electron chi connectivity index (χ3n) is 12.3. The summed E-state index contributed by atoms with van der Waals surface area (Å²) in [6.07, 6.45) is 2.17. The van der Waals surface area contributed by atoms with Crippen molar-refractivity contribution in [2.24, 2.45) is 0 Å². The number of benzene rings is 7. The summed E-state index contributed by atoms with van der Waals surface area (Å²) in [4.78, 5) is 0. The van der Waals surface area contributed by atoms with Crippen LogP contribution >= 0.6 is 0 Å². The summed E-state index contributed by atoms with van der Waals surface area (Å²) in [5.41, 5.74) is 12.7. The van der Waals surface area contributed by atoms with Crippen molar-refractivity contribution in [3.05, 3.63) is 162 Å². The highest BCUT2D eigenvalue weighted by molar-refractivity contribution is 6.12. The minimum atomic E-state index is 0.458. The SMILES string of the molecule is CCC(C)c1ccc2c(c1)c1cc(C(C)CC)ccc1n2-c1cc(-n2c3ccccc3c3ccccc32)c(C#N)c(-n2c3ccccc3c3ccccc32)c1. The first-order chi connectivity index (χ1) is 27.0. The average Bonchev–Trinajstić information content (AvgIpc) is 3.87. The van der Waals surface area contributed by atoms with Gasteiger partial charge in [-0.15, -0.1) is 0 Å². The molecule has 10 rings (SSSR count). The van der Waals surface area contributed by atoms with Crippen LogP contribution in [0.5, 0.6) is 0 Å². The van der Waals surface area contributed by atoms with Crippen molar-refractivity contribution in [2.75, 3.05) is 0 Å². The normalized spacial score (nSPS) is 13.1. The fraction of sp³-hybridized carbons (Fsp3) is 0.157. The lowest BCUT2D eigenvalue weighted by atomic mass is 9.95. The van der Waals surface area contributed by atoms with Crippen LogP contribution in [-0.2, 0) is 0 Å². The van der Waals surface area contributed by atoms with Gasteiger partial charge in [-0.2, -0.15) is 5.26 Å². The van der Waals surface area contributed by atoms with Gasteiger partial charge in [-0.1, -0.05) is 113 Å². The van der Waals surface area contributed by atoms with E-state index in [9.17, 15) is 5.26 Å². The van der Waals surface area contributed by atoms with Crippen LogP contribution in [0.4, 0.5) is 0 Å². The van der Waals surface area contributed by atoms with Crippen molar-refractivity contribution in [2.45, 2.75) is 52.4 Å². The van der Waals surface area contributed by atoms with Gasteiger partial charge in [0.05, 0.1) is 50.2 Å². The molecule has 266 valence electrons. The summed E-state index contributed by atoms with van der Waals surface area (Å²) in [5, 5.41) is 18.6. The molecule has 7 aromatic carbocycles. The molecule has 0 saturated carbocycles. The minimum Gasteiger partial charge on any atom is -0.309 e. The third kappa shape index (κ3) is 4.89. The number of hydrogen-bond acceptors (Lipinski definition) is 1. The highest BCUT2D eigenvalue weighted by Gasteiger charge is 2.24. The molecule has 0 bridgehead atoms. The van der Waals surface area contributed by atoms with Gasteiger partial charge < -0.3 is 13.7 Å². The highest BCUT2D eigenvalue weighted by Crippen LogP contribution is 2.42. The van der Waals surface area contributed by atoms with E-state index >= 15 is 0 Å². The summed E-state index contributed by atoms with van der Waals surface area (Å²) in [6, 6.07) is 55.6. The Morgan fingerprint density at radius 1 is 0.436 bits per heavy atom. The van der Waals surface area contributed by atoms with E-state index in [0.29, 0.717) is 17.4 Å². The van der Waals surface area contributed by atoms with Gasteiger partial charge in [0.1, 0.15) is 11.6 Å². The van der Waals surface area contributed by atoms with Gasteiger partial charge >= 0.3 is 0 Å². The Labute approximate surface area is 321 Å². The predicted octanol–water partition coefficient (Wildman–Crippen LogP) is 13.9. The first-order valence-electron chi connectivity index (χ1n) is 19.6. The van der Waals surface area contributed by atoms with Crippen LogP contribution in [-0.4, -0.2) is 13.7 Å². The van der Waals surface area contributed by atoms with Crippen molar-refractivity contribution in [3.8, 4) is 23.1 Å². The molecule has 0 spiro atoms. The number of aromatic nitrogens is 3. The molecule has 0 saturated heterocycles. The Morgan fingerprint density at radius 2 is 0.782 bits per heavy atom. The smallest absolute Gasteiger partial charge is 0.104 e. The quantitative estimate of drug-likeness (QED) is 0.162. The van der Waals surface area contributed by atoms with Crippen LogP contribution in [0.25, 0.3) is 82.5 Å². The maximum absolute atomic E-state index is 11.4. The molecule has 0 N–H and O–H groups in total. The molecule has 10 aromatic rings. The van der Waals surface area contributed by atoms with Crippen LogP contribution < -0.4 is 0 Å². The number of fused-ring (bicyclic) bond motifs is 9. The van der Waals surface area contributed by atoms with Gasteiger partial charge in [-0.05, 0) is 96.5 Å². The molecular formula is C51H42N4. The molecule has 0 fully saturated rings. The van der Waals surface area contributed by atoms with Crippen LogP contribution in [0.3, 0.4) is 0 Å². The van der Waals surface area contributed by atoms with Crippen LogP contribution in [0.15, 0.2) is 146 Å². The Bertz CT molecular complexity index is 2870. The standard InChI is InChI=1S/C51H42N4/c1-5-32(3)34-23-25-48-41(27-34)42-28-35(33(4)6-2)24-26-49(42)53(48)36-29-50(54-44-19-11-7-15-37(44)38-16-8-12-20-45(38)54)43(31-52)51(30-36)55-46-21-13-9-17-39(46)40-18-10-14-22-47(40)55/h7-30,32-33H,5-6H2,1-4H3. The minimum absolute atomic E-state index is 0.458. The topological polar surface area (TPSA) is 38.6 Å². The molecule has 0 radical (unpaired) electrons. The zero-order valence-corrected chi connectivity index (χ0v) is 31.7. The zero-order valence-electron chi connectivity index (χ0n) is 31.7. The molecule has 4 nitrogen and oxygen atoms in total. The Morgan fingerprint density at radius 3 is 1.13 bits per heavy atom. The first-order valence-corrected chi connectivity index (χ1v) is 19.6. The molecule has 3 aromatic heterocycles. The summed E-state index contributed by atoms with van der Waals surface area (Å²) in [7, 11) is 0. The van der Waals surface area contributed by atoms with Crippen molar-refractivity contribution in [1.82, 2.24) is 13.7 Å². The second kappa shape index (κ2) is 12.8. The molecule has 0 aliphatic rings. The van der Waals surface area contributed by atoms with Crippen LogP contribution in [0.2, 0.25) is 0 Å². The second-order valence-electron chi connectivity index (χ2n) is 15.2. The lowest BCUT2D eigenvalue weighted by molar-refractivity contribution is 0.734. The van der Waals surface area contributed by atoms with Crippen molar-refractivity contribution >= 4 is 65.4 Å². The van der Waals surface area contributed by atoms with Gasteiger partial charge in [0.15, 0.2) is 0 Å². The third-order valence-corrected chi connectivity index (χ3v) is 12.3. The lowest BCUT2D eigenvalue weighted by Crippen LogP contribution is -2.07. The fourth-order valence-corrected chi connectivity index (χ4v) is 8.98. The van der Waals surface area contributed by atoms with Crippen LogP contribution in [0.1, 0.15) is 69.1 Å². The van der Waals surface area contributed by atoms with E-state index in [1.54, 1.807) is 0 Å². The van der Waals surface area contributed by atoms with Crippen molar-refractivity contribution in [3.63, 3.8) is 0 Å². The molecule has 55 heavy (non-hydrogen) atoms. The number of nitriles is 1. The molecule has 2 unspecified atom stereocenters. The largest absolute Gasteiger partial charge is 0.309 e. The second-order valence-corrected chi connectivity index (χ2v) is 15.2. The average molecular weight is 711 g/mol. The molecule has 4 heteroatoms. The van der Waals surface area contributed by atoms with E-state index in [4.69, 9.17) is 0 Å². The number of nitrogens with zero attached hydrogens (tertiary/aromatic N) is 4. The molecule has 3 heterocycles. The predicted molar refractivity (Wildman–Crippen MR) is 232 cm³/mol. The maximum Gasteiger partial charge on any atom is 0.104 e. The van der Waals surface area contributed by atoms with Crippen LogP contribution in [0, 0.1) is 11.3 Å². The molecule has 2 atom stereocenters. The summed E-state index contributed by atoms with van der Waals surface area (Å²) < 4.78 is 7.04. The van der Waals surface area contributed by atoms with E-state index in [1.807, 2.05) is 0 Å². The summed E-state index contributed by atoms with van der Waals surface area (Å²) in [6.45, 7) is 9.17. The molecule has 0 amide bonds. The van der Waals surface area contributed by atoms with Gasteiger partial charge in [-0.3, -0.25) is 0 Å². The van der Waals surface area contributed by atoms with E-state index in [2.05, 4.69) is 193 Å². The lowest BCUT2D eigenvalue weighted by Gasteiger charge is -2.19. The number of para-hydroxylation sites is 4. The van der Waals surface area contributed by atoms with Crippen molar-refractivity contribution in [1.29, 1.82) is 5.26 Å². The summed E-state index contributed by atoms with van der Waals surface area (Å²) >= 11 is 0. The summed E-state index contributed by atoms with van der Waals surface area (Å²) in [5.74, 6) is 0.915. The Hall–Kier alpha value is -6.57.